The van der Waals surface area contributed by atoms with E-state index < -0.39 is 6.04 Å². The molecule has 1 atom stereocenters. The van der Waals surface area contributed by atoms with Crippen molar-refractivity contribution in [3.63, 3.8) is 0 Å². The molecule has 0 saturated carbocycles. The topological polar surface area (TPSA) is 49.4 Å². The summed E-state index contributed by atoms with van der Waals surface area (Å²) in [5, 5.41) is 2.68. The van der Waals surface area contributed by atoms with Crippen LogP contribution in [-0.4, -0.2) is 35.6 Å². The molecule has 0 spiro atoms. The van der Waals surface area contributed by atoms with Crippen molar-refractivity contribution < 1.29 is 9.59 Å². The molecule has 0 aliphatic carbocycles. The zero-order valence-electron chi connectivity index (χ0n) is 16.3. The molecule has 0 radical (unpaired) electrons. The fourth-order valence-electron chi connectivity index (χ4n) is 2.89. The van der Waals surface area contributed by atoms with Crippen LogP contribution in [0.3, 0.4) is 0 Å². The molecular formula is C22H28N2O2S. The van der Waals surface area contributed by atoms with E-state index in [2.05, 4.69) is 36.5 Å². The summed E-state index contributed by atoms with van der Waals surface area (Å²) in [6, 6.07) is 17.7. The van der Waals surface area contributed by atoms with Crippen molar-refractivity contribution in [3.8, 4) is 0 Å². The van der Waals surface area contributed by atoms with Gasteiger partial charge in [0, 0.05) is 19.3 Å². The number of amides is 2. The number of rotatable bonds is 9. The quantitative estimate of drug-likeness (QED) is 0.716. The highest BCUT2D eigenvalue weighted by molar-refractivity contribution is 7.99. The van der Waals surface area contributed by atoms with Gasteiger partial charge in [-0.15, -0.1) is 11.8 Å². The average Bonchev–Trinajstić information content (AvgIpc) is 2.69. The molecular weight excluding hydrogens is 356 g/mol. The van der Waals surface area contributed by atoms with Gasteiger partial charge in [0.15, 0.2) is 0 Å². The molecule has 27 heavy (non-hydrogen) atoms. The monoisotopic (exact) mass is 384 g/mol. The molecule has 0 fully saturated rings. The molecule has 2 amide bonds. The standard InChI is InChI=1S/C22H28N2O2S/c1-4-20(22(26)23-3)24(14-18-8-6-5-7-9-18)21(25)16-27-15-19-12-10-17(2)11-13-19/h5-13,20H,4,14-16H2,1-3H3,(H,23,26). The lowest BCUT2D eigenvalue weighted by Crippen LogP contribution is -2.48. The Kier molecular flexibility index (Phi) is 8.40. The van der Waals surface area contributed by atoms with Crippen molar-refractivity contribution in [2.24, 2.45) is 0 Å². The Balaban J connectivity index is 2.05. The van der Waals surface area contributed by atoms with Gasteiger partial charge >= 0.3 is 0 Å². The van der Waals surface area contributed by atoms with Crippen molar-refractivity contribution in [2.75, 3.05) is 12.8 Å². The third-order valence-corrected chi connectivity index (χ3v) is 5.43. The molecule has 0 aliphatic heterocycles. The van der Waals surface area contributed by atoms with E-state index in [0.29, 0.717) is 18.7 Å². The van der Waals surface area contributed by atoms with E-state index >= 15 is 0 Å². The van der Waals surface area contributed by atoms with E-state index in [0.717, 1.165) is 11.3 Å². The minimum absolute atomic E-state index is 0.00795. The zero-order valence-corrected chi connectivity index (χ0v) is 17.1. The van der Waals surface area contributed by atoms with Gasteiger partial charge in [0.1, 0.15) is 6.04 Å². The summed E-state index contributed by atoms with van der Waals surface area (Å²) in [6.07, 6.45) is 0.584. The van der Waals surface area contributed by atoms with Crippen LogP contribution < -0.4 is 5.32 Å². The molecule has 0 aromatic heterocycles. The SMILES string of the molecule is CCC(C(=O)NC)N(Cc1ccccc1)C(=O)CSCc1ccc(C)cc1. The molecule has 1 unspecified atom stereocenters. The van der Waals surface area contributed by atoms with Crippen LogP contribution in [0.1, 0.15) is 30.0 Å². The maximum Gasteiger partial charge on any atom is 0.242 e. The molecule has 0 saturated heterocycles. The Morgan fingerprint density at radius 3 is 2.30 bits per heavy atom. The number of carbonyl (C=O) groups excluding carboxylic acids is 2. The Hall–Kier alpha value is -2.27. The Bertz CT molecular complexity index is 732. The number of thioether (sulfide) groups is 1. The van der Waals surface area contributed by atoms with Crippen LogP contribution in [0.25, 0.3) is 0 Å². The zero-order chi connectivity index (χ0) is 19.6. The number of likely N-dealkylation sites (N-methyl/N-ethyl adjacent to an activating group) is 1. The van der Waals surface area contributed by atoms with Crippen molar-refractivity contribution in [1.29, 1.82) is 0 Å². The van der Waals surface area contributed by atoms with Crippen LogP contribution in [0.4, 0.5) is 0 Å². The van der Waals surface area contributed by atoms with E-state index in [9.17, 15) is 9.59 Å². The summed E-state index contributed by atoms with van der Waals surface area (Å²) >= 11 is 1.58. The minimum Gasteiger partial charge on any atom is -0.357 e. The van der Waals surface area contributed by atoms with E-state index in [1.165, 1.54) is 11.1 Å². The van der Waals surface area contributed by atoms with Crippen molar-refractivity contribution in [2.45, 2.75) is 38.6 Å². The second-order valence-corrected chi connectivity index (χ2v) is 7.51. The van der Waals surface area contributed by atoms with Gasteiger partial charge in [0.2, 0.25) is 11.8 Å². The Morgan fingerprint density at radius 1 is 1.04 bits per heavy atom. The van der Waals surface area contributed by atoms with Crippen LogP contribution in [0.5, 0.6) is 0 Å². The first-order chi connectivity index (χ1) is 13.0. The van der Waals surface area contributed by atoms with Crippen LogP contribution in [-0.2, 0) is 21.9 Å². The number of carbonyl (C=O) groups is 2. The summed E-state index contributed by atoms with van der Waals surface area (Å²) in [5.74, 6) is 1.01. The van der Waals surface area contributed by atoms with Gasteiger partial charge in [-0.1, -0.05) is 67.1 Å². The average molecular weight is 385 g/mol. The van der Waals surface area contributed by atoms with Crippen LogP contribution in [0.15, 0.2) is 54.6 Å². The first kappa shape index (κ1) is 21.0. The number of nitrogens with one attached hydrogen (secondary N) is 1. The number of aryl methyl sites for hydroxylation is 1. The Morgan fingerprint density at radius 2 is 1.70 bits per heavy atom. The smallest absolute Gasteiger partial charge is 0.242 e. The highest BCUT2D eigenvalue weighted by Gasteiger charge is 2.27. The lowest BCUT2D eigenvalue weighted by molar-refractivity contribution is -0.139. The second-order valence-electron chi connectivity index (χ2n) is 6.52. The van der Waals surface area contributed by atoms with Gasteiger partial charge in [0.05, 0.1) is 5.75 Å². The molecule has 144 valence electrons. The molecule has 0 aliphatic rings. The van der Waals surface area contributed by atoms with Crippen molar-refractivity contribution in [3.05, 3.63) is 71.3 Å². The van der Waals surface area contributed by atoms with E-state index in [-0.39, 0.29) is 11.8 Å². The number of nitrogens with zero attached hydrogens (tertiary/aromatic N) is 1. The predicted octanol–water partition coefficient (Wildman–Crippen LogP) is 3.78. The van der Waals surface area contributed by atoms with Gasteiger partial charge in [-0.25, -0.2) is 0 Å². The van der Waals surface area contributed by atoms with Crippen LogP contribution in [0.2, 0.25) is 0 Å². The highest BCUT2D eigenvalue weighted by atomic mass is 32.2. The highest BCUT2D eigenvalue weighted by Crippen LogP contribution is 2.17. The van der Waals surface area contributed by atoms with Crippen molar-refractivity contribution >= 4 is 23.6 Å². The lowest BCUT2D eigenvalue weighted by Gasteiger charge is -2.30. The minimum atomic E-state index is -0.456. The number of hydrogen-bond acceptors (Lipinski definition) is 3. The van der Waals surface area contributed by atoms with Gasteiger partial charge in [0.25, 0.3) is 0 Å². The predicted molar refractivity (Wildman–Crippen MR) is 112 cm³/mol. The first-order valence-electron chi connectivity index (χ1n) is 9.23. The number of hydrogen-bond donors (Lipinski definition) is 1. The Labute approximate surface area is 166 Å². The molecule has 0 bridgehead atoms. The molecule has 0 heterocycles. The molecule has 5 heteroatoms. The van der Waals surface area contributed by atoms with E-state index in [4.69, 9.17) is 0 Å². The molecule has 4 nitrogen and oxygen atoms in total. The van der Waals surface area contributed by atoms with Crippen LogP contribution >= 0.6 is 11.8 Å². The molecule has 2 aromatic rings. The van der Waals surface area contributed by atoms with Gasteiger partial charge in [-0.2, -0.15) is 0 Å². The normalized spacial score (nSPS) is 11.7. The lowest BCUT2D eigenvalue weighted by atomic mass is 10.1. The van der Waals surface area contributed by atoms with Gasteiger partial charge in [-0.05, 0) is 24.5 Å². The first-order valence-corrected chi connectivity index (χ1v) is 10.4. The fraction of sp³-hybridized carbons (Fsp3) is 0.364. The summed E-state index contributed by atoms with van der Waals surface area (Å²) < 4.78 is 0. The maximum absolute atomic E-state index is 12.9. The van der Waals surface area contributed by atoms with E-state index in [1.807, 2.05) is 37.3 Å². The van der Waals surface area contributed by atoms with Gasteiger partial charge < -0.3 is 10.2 Å². The van der Waals surface area contributed by atoms with Gasteiger partial charge in [-0.3, -0.25) is 9.59 Å². The fourth-order valence-corrected chi connectivity index (χ4v) is 3.76. The third kappa shape index (κ3) is 6.43. The van der Waals surface area contributed by atoms with E-state index in [1.54, 1.807) is 23.7 Å². The third-order valence-electron chi connectivity index (χ3n) is 4.44. The largest absolute Gasteiger partial charge is 0.357 e. The number of benzene rings is 2. The van der Waals surface area contributed by atoms with Crippen molar-refractivity contribution in [1.82, 2.24) is 10.2 Å². The van der Waals surface area contributed by atoms with Crippen LogP contribution in [0, 0.1) is 6.92 Å². The second kappa shape index (κ2) is 10.8. The summed E-state index contributed by atoms with van der Waals surface area (Å²) in [7, 11) is 1.61. The summed E-state index contributed by atoms with van der Waals surface area (Å²) in [6.45, 7) is 4.44. The molecule has 2 rings (SSSR count). The molecule has 1 N–H and O–H groups in total. The summed E-state index contributed by atoms with van der Waals surface area (Å²) in [5.41, 5.74) is 3.45. The maximum atomic E-state index is 12.9. The molecule has 2 aromatic carbocycles. The summed E-state index contributed by atoms with van der Waals surface area (Å²) in [4.78, 5) is 26.9.